The minimum absolute atomic E-state index is 0.244. The van der Waals surface area contributed by atoms with Crippen LogP contribution in [-0.4, -0.2) is 38.3 Å². The monoisotopic (exact) mass is 458 g/mol. The fraction of sp³-hybridized carbons (Fsp3) is 0.353. The molecule has 1 aliphatic rings. The summed E-state index contributed by atoms with van der Waals surface area (Å²) in [6, 6.07) is 9.99. The van der Waals surface area contributed by atoms with E-state index in [1.807, 2.05) is 24.3 Å². The van der Waals surface area contributed by atoms with Gasteiger partial charge < -0.3 is 10.1 Å². The van der Waals surface area contributed by atoms with Crippen molar-refractivity contribution in [1.82, 2.24) is 9.62 Å². The van der Waals surface area contributed by atoms with Crippen LogP contribution in [0.25, 0.3) is 0 Å². The van der Waals surface area contributed by atoms with Crippen LogP contribution in [0.1, 0.15) is 18.4 Å². The Bertz CT molecular complexity index is 898. The van der Waals surface area contributed by atoms with Crippen LogP contribution in [-0.2, 0) is 21.4 Å². The maximum Gasteiger partial charge on any atom is 0.253 e. The third-order valence-electron chi connectivity index (χ3n) is 4.26. The summed E-state index contributed by atoms with van der Waals surface area (Å²) in [4.78, 5) is 12.6. The lowest BCUT2D eigenvalue weighted by atomic mass is 10.2. The highest BCUT2D eigenvalue weighted by Gasteiger charge is 2.40. The number of sulfonamides is 1. The standard InChI is InChI=1S/C17H19BrN2O4S2/c1-24-14-7-3-2-5-12(14)11-19-17(21)13-6-4-10-20(13)26(22,23)16-9-8-15(18)25-16/h2-3,5,7-9,13H,4,6,10-11H2,1H3,(H,19,21). The molecule has 0 aliphatic carbocycles. The Morgan fingerprint density at radius 1 is 1.35 bits per heavy atom. The number of nitrogens with zero attached hydrogens (tertiary/aromatic N) is 1. The van der Waals surface area contributed by atoms with Gasteiger partial charge in [-0.1, -0.05) is 18.2 Å². The molecule has 1 aromatic carbocycles. The molecular formula is C17H19BrN2O4S2. The molecule has 1 N–H and O–H groups in total. The number of thiophene rings is 1. The number of carbonyl (C=O) groups is 1. The molecule has 0 saturated carbocycles. The normalized spacial score (nSPS) is 18.0. The highest BCUT2D eigenvalue weighted by atomic mass is 79.9. The molecule has 1 aromatic heterocycles. The Hall–Kier alpha value is -1.42. The minimum Gasteiger partial charge on any atom is -0.496 e. The first kappa shape index (κ1) is 19.3. The van der Waals surface area contributed by atoms with Gasteiger partial charge in [-0.2, -0.15) is 4.31 Å². The average molecular weight is 459 g/mol. The number of hydrogen-bond acceptors (Lipinski definition) is 5. The van der Waals surface area contributed by atoms with E-state index in [0.717, 1.165) is 20.7 Å². The fourth-order valence-corrected chi connectivity index (χ4v) is 6.79. The lowest BCUT2D eigenvalue weighted by Crippen LogP contribution is -2.45. The molecule has 3 rings (SSSR count). The number of carbonyl (C=O) groups excluding carboxylic acids is 1. The van der Waals surface area contributed by atoms with Crippen molar-refractivity contribution in [3.05, 3.63) is 45.7 Å². The van der Waals surface area contributed by atoms with Crippen molar-refractivity contribution in [1.29, 1.82) is 0 Å². The van der Waals surface area contributed by atoms with Crippen molar-refractivity contribution in [2.45, 2.75) is 29.6 Å². The van der Waals surface area contributed by atoms with Crippen molar-refractivity contribution >= 4 is 43.2 Å². The van der Waals surface area contributed by atoms with Gasteiger partial charge in [0.2, 0.25) is 5.91 Å². The van der Waals surface area contributed by atoms with E-state index in [0.29, 0.717) is 25.1 Å². The summed E-state index contributed by atoms with van der Waals surface area (Å²) in [6.07, 6.45) is 1.18. The van der Waals surface area contributed by atoms with Crippen molar-refractivity contribution in [2.24, 2.45) is 0 Å². The van der Waals surface area contributed by atoms with Gasteiger partial charge in [0.1, 0.15) is 16.0 Å². The predicted molar refractivity (Wildman–Crippen MR) is 104 cm³/mol. The maximum absolute atomic E-state index is 12.9. The molecule has 1 fully saturated rings. The fourth-order valence-electron chi connectivity index (χ4n) is 2.99. The molecule has 0 bridgehead atoms. The van der Waals surface area contributed by atoms with Crippen molar-refractivity contribution in [2.75, 3.05) is 13.7 Å². The first-order valence-corrected chi connectivity index (χ1v) is 11.1. The first-order valence-electron chi connectivity index (χ1n) is 8.10. The summed E-state index contributed by atoms with van der Waals surface area (Å²) >= 11 is 4.44. The van der Waals surface area contributed by atoms with Crippen LogP contribution in [0.2, 0.25) is 0 Å². The molecule has 1 aliphatic heterocycles. The Morgan fingerprint density at radius 3 is 2.81 bits per heavy atom. The van der Waals surface area contributed by atoms with Crippen molar-refractivity contribution in [3.63, 3.8) is 0 Å². The molecule has 6 nitrogen and oxygen atoms in total. The molecule has 26 heavy (non-hydrogen) atoms. The van der Waals surface area contributed by atoms with Gasteiger partial charge in [-0.25, -0.2) is 8.42 Å². The molecule has 0 spiro atoms. The van der Waals surface area contributed by atoms with Crippen molar-refractivity contribution in [3.8, 4) is 5.75 Å². The number of amides is 1. The van der Waals surface area contributed by atoms with E-state index in [-0.39, 0.29) is 16.7 Å². The van der Waals surface area contributed by atoms with Crippen LogP contribution >= 0.6 is 27.3 Å². The highest BCUT2D eigenvalue weighted by molar-refractivity contribution is 9.11. The van der Waals surface area contributed by atoms with Crippen LogP contribution in [0.5, 0.6) is 5.75 Å². The summed E-state index contributed by atoms with van der Waals surface area (Å²) < 4.78 is 33.3. The van der Waals surface area contributed by atoms with Crippen LogP contribution in [0.15, 0.2) is 44.4 Å². The summed E-state index contributed by atoms with van der Waals surface area (Å²) in [5.74, 6) is 0.403. The number of rotatable bonds is 6. The molecule has 1 amide bonds. The van der Waals surface area contributed by atoms with E-state index in [1.54, 1.807) is 19.2 Å². The second kappa shape index (κ2) is 8.08. The topological polar surface area (TPSA) is 75.7 Å². The third-order valence-corrected chi connectivity index (χ3v) is 8.26. The van der Waals surface area contributed by atoms with Gasteiger partial charge in [0.25, 0.3) is 10.0 Å². The lowest BCUT2D eigenvalue weighted by Gasteiger charge is -2.22. The van der Waals surface area contributed by atoms with E-state index < -0.39 is 16.1 Å². The summed E-state index contributed by atoms with van der Waals surface area (Å²) in [6.45, 7) is 0.641. The summed E-state index contributed by atoms with van der Waals surface area (Å²) in [7, 11) is -2.10. The van der Waals surface area contributed by atoms with E-state index in [9.17, 15) is 13.2 Å². The van der Waals surface area contributed by atoms with E-state index >= 15 is 0 Å². The summed E-state index contributed by atoms with van der Waals surface area (Å²) in [5.41, 5.74) is 0.845. The summed E-state index contributed by atoms with van der Waals surface area (Å²) in [5, 5.41) is 2.84. The van der Waals surface area contributed by atoms with Gasteiger partial charge in [-0.3, -0.25) is 4.79 Å². The number of para-hydroxylation sites is 1. The number of halogens is 1. The van der Waals surface area contributed by atoms with Gasteiger partial charge in [-0.05, 0) is 47.0 Å². The van der Waals surface area contributed by atoms with E-state index in [2.05, 4.69) is 21.2 Å². The Kier molecular flexibility index (Phi) is 6.01. The zero-order chi connectivity index (χ0) is 18.7. The quantitative estimate of drug-likeness (QED) is 0.721. The molecule has 9 heteroatoms. The minimum atomic E-state index is -3.67. The Balaban J connectivity index is 1.72. The molecule has 1 unspecified atom stereocenters. The third kappa shape index (κ3) is 3.95. The van der Waals surface area contributed by atoms with Gasteiger partial charge in [0.15, 0.2) is 0 Å². The number of ether oxygens (including phenoxy) is 1. The zero-order valence-corrected chi connectivity index (χ0v) is 17.4. The Morgan fingerprint density at radius 2 is 2.12 bits per heavy atom. The largest absolute Gasteiger partial charge is 0.496 e. The van der Waals surface area contributed by atoms with Gasteiger partial charge in [-0.15, -0.1) is 11.3 Å². The zero-order valence-electron chi connectivity index (χ0n) is 14.1. The van der Waals surface area contributed by atoms with E-state index in [1.165, 1.54) is 4.31 Å². The number of hydrogen-bond donors (Lipinski definition) is 1. The molecule has 1 atom stereocenters. The van der Waals surface area contributed by atoms with Crippen molar-refractivity contribution < 1.29 is 17.9 Å². The molecular weight excluding hydrogens is 440 g/mol. The SMILES string of the molecule is COc1ccccc1CNC(=O)C1CCCN1S(=O)(=O)c1ccc(Br)s1. The van der Waals surface area contributed by atoms with Gasteiger partial charge >= 0.3 is 0 Å². The molecule has 140 valence electrons. The lowest BCUT2D eigenvalue weighted by molar-refractivity contribution is -0.124. The Labute approximate surface area is 165 Å². The smallest absolute Gasteiger partial charge is 0.253 e. The van der Waals surface area contributed by atoms with Crippen LogP contribution in [0, 0.1) is 0 Å². The number of nitrogens with one attached hydrogen (secondary N) is 1. The predicted octanol–water partition coefficient (Wildman–Crippen LogP) is 2.99. The first-order chi connectivity index (χ1) is 12.4. The maximum atomic E-state index is 12.9. The van der Waals surface area contributed by atoms with E-state index in [4.69, 9.17) is 4.74 Å². The average Bonchev–Trinajstić information content (AvgIpc) is 3.29. The second-order valence-electron chi connectivity index (χ2n) is 5.86. The number of methoxy groups -OCH3 is 1. The molecule has 0 radical (unpaired) electrons. The van der Waals surface area contributed by atoms with Gasteiger partial charge in [0.05, 0.1) is 10.9 Å². The second-order valence-corrected chi connectivity index (χ2v) is 10.4. The molecule has 2 heterocycles. The van der Waals surface area contributed by atoms with Crippen LogP contribution in [0.3, 0.4) is 0 Å². The van der Waals surface area contributed by atoms with Gasteiger partial charge in [0, 0.05) is 18.7 Å². The highest BCUT2D eigenvalue weighted by Crippen LogP contribution is 2.32. The van der Waals surface area contributed by atoms with Crippen LogP contribution < -0.4 is 10.1 Å². The molecule has 2 aromatic rings. The molecule has 1 saturated heterocycles. The number of benzene rings is 1. The van der Waals surface area contributed by atoms with Crippen LogP contribution in [0.4, 0.5) is 0 Å².